The van der Waals surface area contributed by atoms with Gasteiger partial charge in [-0.05, 0) is 31.0 Å². The standard InChI is InChI=1S/C18H31N3O3.HI/c1-6-24-11-7-10-20-17(19)21-13-18(2,3)14-8-9-15(22-4)16(12-14)23-5;/h8-9,12H,6-7,10-11,13H2,1-5H3,(H3,19,20,21);1H. The molecule has 25 heavy (non-hydrogen) atoms. The van der Waals surface area contributed by atoms with E-state index in [9.17, 15) is 0 Å². The van der Waals surface area contributed by atoms with E-state index < -0.39 is 0 Å². The minimum Gasteiger partial charge on any atom is -0.493 e. The Kier molecular flexibility index (Phi) is 11.6. The van der Waals surface area contributed by atoms with E-state index in [1.165, 1.54) is 0 Å². The van der Waals surface area contributed by atoms with E-state index in [1.807, 2.05) is 25.1 Å². The summed E-state index contributed by atoms with van der Waals surface area (Å²) in [5.41, 5.74) is 6.88. The molecule has 144 valence electrons. The molecule has 7 heteroatoms. The van der Waals surface area contributed by atoms with Gasteiger partial charge in [0, 0.05) is 25.2 Å². The molecule has 0 radical (unpaired) electrons. The number of nitrogens with one attached hydrogen (secondary N) is 1. The maximum Gasteiger partial charge on any atom is 0.188 e. The number of nitrogens with zero attached hydrogens (tertiary/aromatic N) is 1. The first-order valence-corrected chi connectivity index (χ1v) is 8.28. The molecule has 0 aliphatic rings. The van der Waals surface area contributed by atoms with Gasteiger partial charge >= 0.3 is 0 Å². The summed E-state index contributed by atoms with van der Waals surface area (Å²) in [4.78, 5) is 4.46. The lowest BCUT2D eigenvalue weighted by atomic mass is 9.84. The van der Waals surface area contributed by atoms with Crippen LogP contribution in [0.4, 0.5) is 0 Å². The molecular formula is C18H32IN3O3. The van der Waals surface area contributed by atoms with Crippen LogP contribution in [0.15, 0.2) is 23.2 Å². The predicted molar refractivity (Wildman–Crippen MR) is 114 cm³/mol. The van der Waals surface area contributed by atoms with Crippen LogP contribution in [0.25, 0.3) is 0 Å². The Balaban J connectivity index is 0.00000576. The molecule has 0 heterocycles. The molecular weight excluding hydrogens is 433 g/mol. The molecule has 0 bridgehead atoms. The van der Waals surface area contributed by atoms with Crippen LogP contribution in [0.3, 0.4) is 0 Å². The second-order valence-electron chi connectivity index (χ2n) is 6.13. The summed E-state index contributed by atoms with van der Waals surface area (Å²) in [6.45, 7) is 9.04. The van der Waals surface area contributed by atoms with Gasteiger partial charge in [0.15, 0.2) is 17.5 Å². The van der Waals surface area contributed by atoms with Gasteiger partial charge in [-0.25, -0.2) is 0 Å². The van der Waals surface area contributed by atoms with Crippen molar-refractivity contribution in [3.63, 3.8) is 0 Å². The summed E-state index contributed by atoms with van der Waals surface area (Å²) < 4.78 is 15.9. The lowest BCUT2D eigenvalue weighted by molar-refractivity contribution is 0.145. The number of hydrogen-bond donors (Lipinski definition) is 2. The third kappa shape index (κ3) is 8.13. The van der Waals surface area contributed by atoms with Crippen LogP contribution in [0.5, 0.6) is 11.5 Å². The highest BCUT2D eigenvalue weighted by molar-refractivity contribution is 14.0. The molecule has 0 aliphatic carbocycles. The topological polar surface area (TPSA) is 78.1 Å². The fourth-order valence-corrected chi connectivity index (χ4v) is 2.22. The molecule has 0 fully saturated rings. The fraction of sp³-hybridized carbons (Fsp3) is 0.611. The summed E-state index contributed by atoms with van der Waals surface area (Å²) >= 11 is 0. The average Bonchev–Trinajstić information content (AvgIpc) is 2.59. The van der Waals surface area contributed by atoms with E-state index in [-0.39, 0.29) is 29.4 Å². The molecule has 1 rings (SSSR count). The molecule has 0 spiro atoms. The van der Waals surface area contributed by atoms with E-state index in [4.69, 9.17) is 19.9 Å². The summed E-state index contributed by atoms with van der Waals surface area (Å²) in [5.74, 6) is 1.89. The Morgan fingerprint density at radius 1 is 1.20 bits per heavy atom. The van der Waals surface area contributed by atoms with Gasteiger partial charge in [0.25, 0.3) is 0 Å². The maximum atomic E-state index is 5.93. The third-order valence-electron chi connectivity index (χ3n) is 3.79. The van der Waals surface area contributed by atoms with Crippen LogP contribution in [0.1, 0.15) is 32.8 Å². The Hall–Kier alpha value is -1.22. The van der Waals surface area contributed by atoms with Crippen LogP contribution >= 0.6 is 24.0 Å². The molecule has 1 aromatic rings. The number of benzene rings is 1. The van der Waals surface area contributed by atoms with E-state index in [0.717, 1.165) is 37.5 Å². The van der Waals surface area contributed by atoms with Gasteiger partial charge in [0.05, 0.1) is 20.8 Å². The zero-order chi connectivity index (χ0) is 18.0. The lowest BCUT2D eigenvalue weighted by Crippen LogP contribution is -2.34. The Labute approximate surface area is 168 Å². The molecule has 0 unspecified atom stereocenters. The van der Waals surface area contributed by atoms with Crippen LogP contribution in [-0.4, -0.2) is 46.5 Å². The SMILES string of the molecule is CCOCCCNC(N)=NCC(C)(C)c1ccc(OC)c(OC)c1.I. The molecule has 0 aromatic heterocycles. The number of guanidine groups is 1. The smallest absolute Gasteiger partial charge is 0.188 e. The van der Waals surface area contributed by atoms with E-state index in [0.29, 0.717) is 18.3 Å². The minimum atomic E-state index is -0.169. The van der Waals surface area contributed by atoms with Crippen molar-refractivity contribution in [1.82, 2.24) is 5.32 Å². The number of ether oxygens (including phenoxy) is 3. The number of rotatable bonds is 10. The van der Waals surface area contributed by atoms with E-state index >= 15 is 0 Å². The molecule has 1 aromatic carbocycles. The van der Waals surface area contributed by atoms with E-state index in [1.54, 1.807) is 14.2 Å². The first-order valence-electron chi connectivity index (χ1n) is 8.28. The molecule has 0 amide bonds. The molecule has 0 atom stereocenters. The zero-order valence-electron chi connectivity index (χ0n) is 15.9. The van der Waals surface area contributed by atoms with E-state index in [2.05, 4.69) is 24.2 Å². The number of methoxy groups -OCH3 is 2. The van der Waals surface area contributed by atoms with Gasteiger partial charge < -0.3 is 25.3 Å². The van der Waals surface area contributed by atoms with Crippen LogP contribution in [0.2, 0.25) is 0 Å². The quantitative estimate of drug-likeness (QED) is 0.241. The minimum absolute atomic E-state index is 0. The summed E-state index contributed by atoms with van der Waals surface area (Å²) in [7, 11) is 3.27. The largest absolute Gasteiger partial charge is 0.493 e. The summed E-state index contributed by atoms with van der Waals surface area (Å²) in [6.07, 6.45) is 0.906. The second-order valence-corrected chi connectivity index (χ2v) is 6.13. The van der Waals surface area contributed by atoms with Crippen molar-refractivity contribution in [3.05, 3.63) is 23.8 Å². The second kappa shape index (κ2) is 12.2. The number of halogens is 1. The highest BCUT2D eigenvalue weighted by atomic mass is 127. The Bertz CT molecular complexity index is 536. The van der Waals surface area contributed by atoms with Crippen LogP contribution in [0, 0.1) is 0 Å². The van der Waals surface area contributed by atoms with Gasteiger partial charge in [-0.1, -0.05) is 19.9 Å². The van der Waals surface area contributed by atoms with Crippen molar-refractivity contribution >= 4 is 29.9 Å². The Morgan fingerprint density at radius 2 is 1.88 bits per heavy atom. The first-order chi connectivity index (χ1) is 11.4. The van der Waals surface area contributed by atoms with Gasteiger partial charge in [-0.15, -0.1) is 24.0 Å². The fourth-order valence-electron chi connectivity index (χ4n) is 2.22. The summed E-state index contributed by atoms with van der Waals surface area (Å²) in [6, 6.07) is 5.93. The van der Waals surface area contributed by atoms with Gasteiger partial charge in [0.2, 0.25) is 0 Å². The van der Waals surface area contributed by atoms with Crippen molar-refractivity contribution in [1.29, 1.82) is 0 Å². The van der Waals surface area contributed by atoms with Crippen LogP contribution in [-0.2, 0) is 10.2 Å². The number of aliphatic imine (C=N–C) groups is 1. The molecule has 0 aliphatic heterocycles. The lowest BCUT2D eigenvalue weighted by Gasteiger charge is -2.24. The number of hydrogen-bond acceptors (Lipinski definition) is 4. The normalized spacial score (nSPS) is 11.6. The summed E-state index contributed by atoms with van der Waals surface area (Å²) in [5, 5.41) is 3.11. The van der Waals surface area contributed by atoms with Gasteiger partial charge in [-0.2, -0.15) is 0 Å². The zero-order valence-corrected chi connectivity index (χ0v) is 18.3. The average molecular weight is 465 g/mol. The van der Waals surface area contributed by atoms with Crippen molar-refractivity contribution in [2.75, 3.05) is 40.5 Å². The Morgan fingerprint density at radius 3 is 2.48 bits per heavy atom. The third-order valence-corrected chi connectivity index (χ3v) is 3.79. The molecule has 3 N–H and O–H groups in total. The monoisotopic (exact) mass is 465 g/mol. The van der Waals surface area contributed by atoms with Crippen molar-refractivity contribution in [2.24, 2.45) is 10.7 Å². The highest BCUT2D eigenvalue weighted by Crippen LogP contribution is 2.33. The predicted octanol–water partition coefficient (Wildman–Crippen LogP) is 2.93. The van der Waals surface area contributed by atoms with Gasteiger partial charge in [0.1, 0.15) is 0 Å². The van der Waals surface area contributed by atoms with Crippen molar-refractivity contribution in [2.45, 2.75) is 32.6 Å². The molecule has 6 nitrogen and oxygen atoms in total. The van der Waals surface area contributed by atoms with Gasteiger partial charge in [-0.3, -0.25) is 4.99 Å². The highest BCUT2D eigenvalue weighted by Gasteiger charge is 2.22. The molecule has 0 saturated heterocycles. The van der Waals surface area contributed by atoms with Crippen molar-refractivity contribution in [3.8, 4) is 11.5 Å². The van der Waals surface area contributed by atoms with Crippen molar-refractivity contribution < 1.29 is 14.2 Å². The first kappa shape index (κ1) is 23.8. The number of nitrogens with two attached hydrogens (primary N) is 1. The van der Waals surface area contributed by atoms with Crippen LogP contribution < -0.4 is 20.5 Å². The maximum absolute atomic E-state index is 5.93. The molecule has 0 saturated carbocycles.